The van der Waals surface area contributed by atoms with Crippen LogP contribution in [0.1, 0.15) is 30.5 Å². The van der Waals surface area contributed by atoms with E-state index in [0.29, 0.717) is 0 Å². The average Bonchev–Trinajstić information content (AvgIpc) is 2.20. The predicted octanol–water partition coefficient (Wildman–Crippen LogP) is 4.70. The highest BCUT2D eigenvalue weighted by atomic mass is 14.1. The van der Waals surface area contributed by atoms with Crippen LogP contribution in [0, 0.1) is 12.8 Å². The first-order chi connectivity index (χ1) is 8.10. The molecule has 88 valence electrons. The maximum atomic E-state index is 3.76. The van der Waals surface area contributed by atoms with Gasteiger partial charge in [-0.25, -0.2) is 0 Å². The van der Waals surface area contributed by atoms with E-state index in [0.717, 1.165) is 5.92 Å². The Labute approximate surface area is 104 Å². The highest BCUT2D eigenvalue weighted by Crippen LogP contribution is 2.29. The Bertz CT molecular complexity index is 499. The van der Waals surface area contributed by atoms with Gasteiger partial charge in [0.25, 0.3) is 0 Å². The third-order valence-electron chi connectivity index (χ3n) is 3.18. The first kappa shape index (κ1) is 11.9. The van der Waals surface area contributed by atoms with Gasteiger partial charge in [-0.1, -0.05) is 44.7 Å². The zero-order chi connectivity index (χ0) is 12.4. The van der Waals surface area contributed by atoms with Crippen molar-refractivity contribution in [3.8, 4) is 0 Å². The van der Waals surface area contributed by atoms with Crippen molar-refractivity contribution in [2.45, 2.75) is 27.2 Å². The van der Waals surface area contributed by atoms with E-state index in [1.165, 1.54) is 34.3 Å². The summed E-state index contributed by atoms with van der Waals surface area (Å²) in [7, 11) is 0. The third kappa shape index (κ3) is 2.58. The Balaban J connectivity index is 2.18. The molecule has 0 heteroatoms. The zero-order valence-corrected chi connectivity index (χ0v) is 11.0. The van der Waals surface area contributed by atoms with Crippen LogP contribution < -0.4 is 0 Å². The van der Waals surface area contributed by atoms with E-state index in [1.54, 1.807) is 0 Å². The standard InChI is InChI=1S/C17H20/c1-5-14-10-17(11-14)16-7-6-15(8-12(2)3)13(4)9-16/h5-7,9-12H,1,8H2,2-4H3. The molecule has 1 aromatic rings. The molecule has 0 bridgehead atoms. The number of benzene rings is 1. The van der Waals surface area contributed by atoms with Crippen LogP contribution in [0.3, 0.4) is 0 Å². The van der Waals surface area contributed by atoms with E-state index >= 15 is 0 Å². The molecule has 0 heterocycles. The normalized spacial score (nSPS) is 14.1. The molecule has 0 aromatic heterocycles. The van der Waals surface area contributed by atoms with Gasteiger partial charge in [0.15, 0.2) is 0 Å². The topological polar surface area (TPSA) is 0 Å². The van der Waals surface area contributed by atoms with Gasteiger partial charge in [0, 0.05) is 0 Å². The minimum atomic E-state index is 0.717. The summed E-state index contributed by atoms with van der Waals surface area (Å²) in [6.07, 6.45) is 7.43. The summed E-state index contributed by atoms with van der Waals surface area (Å²) in [4.78, 5) is 0. The van der Waals surface area contributed by atoms with E-state index in [4.69, 9.17) is 0 Å². The van der Waals surface area contributed by atoms with E-state index in [9.17, 15) is 0 Å². The second-order valence-corrected chi connectivity index (χ2v) is 5.19. The second-order valence-electron chi connectivity index (χ2n) is 5.19. The predicted molar refractivity (Wildman–Crippen MR) is 76.0 cm³/mol. The number of aryl methyl sites for hydroxylation is 1. The van der Waals surface area contributed by atoms with E-state index < -0.39 is 0 Å². The van der Waals surface area contributed by atoms with Crippen molar-refractivity contribution >= 4 is 5.57 Å². The zero-order valence-electron chi connectivity index (χ0n) is 11.0. The van der Waals surface area contributed by atoms with E-state index in [1.807, 2.05) is 6.08 Å². The lowest BCUT2D eigenvalue weighted by Crippen LogP contribution is -1.99. The minimum Gasteiger partial charge on any atom is -0.0985 e. The monoisotopic (exact) mass is 224 g/mol. The fourth-order valence-electron chi connectivity index (χ4n) is 2.18. The summed E-state index contributed by atoms with van der Waals surface area (Å²) in [6.45, 7) is 10.5. The van der Waals surface area contributed by atoms with Gasteiger partial charge < -0.3 is 0 Å². The lowest BCUT2D eigenvalue weighted by atomic mass is 9.90. The maximum absolute atomic E-state index is 3.76. The largest absolute Gasteiger partial charge is 0.0985 e. The molecule has 1 aromatic carbocycles. The molecule has 0 aliphatic heterocycles. The smallest absolute Gasteiger partial charge is 0.0172 e. The molecule has 1 aliphatic carbocycles. The molecule has 0 fully saturated rings. The van der Waals surface area contributed by atoms with Crippen molar-refractivity contribution < 1.29 is 0 Å². The molecule has 0 saturated heterocycles. The Morgan fingerprint density at radius 2 is 1.94 bits per heavy atom. The summed E-state index contributed by atoms with van der Waals surface area (Å²) in [6, 6.07) is 6.79. The molecular formula is C17H20. The van der Waals surface area contributed by atoms with Gasteiger partial charge in [-0.05, 0) is 59.3 Å². The summed E-state index contributed by atoms with van der Waals surface area (Å²) in [5.74, 6) is 0.717. The molecule has 0 saturated carbocycles. The quantitative estimate of drug-likeness (QED) is 0.695. The van der Waals surface area contributed by atoms with Gasteiger partial charge in [0.05, 0.1) is 0 Å². The molecule has 2 rings (SSSR count). The summed E-state index contributed by atoms with van der Waals surface area (Å²) >= 11 is 0. The fourth-order valence-corrected chi connectivity index (χ4v) is 2.18. The lowest BCUT2D eigenvalue weighted by molar-refractivity contribution is 0.645. The van der Waals surface area contributed by atoms with Crippen LogP contribution in [-0.2, 0) is 6.42 Å². The Hall–Kier alpha value is -1.56. The van der Waals surface area contributed by atoms with Gasteiger partial charge in [0.1, 0.15) is 0 Å². The molecular weight excluding hydrogens is 204 g/mol. The molecule has 1 aliphatic rings. The molecule has 0 N–H and O–H groups in total. The van der Waals surface area contributed by atoms with E-state index in [2.05, 4.69) is 57.7 Å². The Morgan fingerprint density at radius 1 is 1.24 bits per heavy atom. The van der Waals surface area contributed by atoms with Crippen molar-refractivity contribution in [3.05, 3.63) is 65.3 Å². The fraction of sp³-hybridized carbons (Fsp3) is 0.294. The Morgan fingerprint density at radius 3 is 2.47 bits per heavy atom. The molecule has 0 atom stereocenters. The molecule has 0 radical (unpaired) electrons. The van der Waals surface area contributed by atoms with Gasteiger partial charge in [-0.2, -0.15) is 0 Å². The van der Waals surface area contributed by atoms with Crippen LogP contribution in [0.2, 0.25) is 0 Å². The Kier molecular flexibility index (Phi) is 3.33. The van der Waals surface area contributed by atoms with E-state index in [-0.39, 0.29) is 0 Å². The van der Waals surface area contributed by atoms with Crippen molar-refractivity contribution in [2.75, 3.05) is 0 Å². The number of hydrogen-bond acceptors (Lipinski definition) is 0. The second kappa shape index (κ2) is 4.75. The van der Waals surface area contributed by atoms with Crippen LogP contribution in [0.5, 0.6) is 0 Å². The number of hydrogen-bond donors (Lipinski definition) is 0. The minimum absolute atomic E-state index is 0.717. The average molecular weight is 224 g/mol. The third-order valence-corrected chi connectivity index (χ3v) is 3.18. The van der Waals surface area contributed by atoms with Gasteiger partial charge >= 0.3 is 0 Å². The van der Waals surface area contributed by atoms with Crippen LogP contribution >= 0.6 is 0 Å². The van der Waals surface area contributed by atoms with Crippen LogP contribution in [0.4, 0.5) is 0 Å². The lowest BCUT2D eigenvalue weighted by Gasteiger charge is -2.15. The van der Waals surface area contributed by atoms with Crippen LogP contribution in [0.15, 0.2) is 48.6 Å². The first-order valence-corrected chi connectivity index (χ1v) is 6.26. The van der Waals surface area contributed by atoms with Gasteiger partial charge in [-0.15, -0.1) is 0 Å². The summed E-state index contributed by atoms with van der Waals surface area (Å²) in [5.41, 5.74) is 6.73. The van der Waals surface area contributed by atoms with Crippen LogP contribution in [-0.4, -0.2) is 0 Å². The molecule has 17 heavy (non-hydrogen) atoms. The van der Waals surface area contributed by atoms with Crippen LogP contribution in [0.25, 0.3) is 5.57 Å². The van der Waals surface area contributed by atoms with Gasteiger partial charge in [0.2, 0.25) is 0 Å². The highest BCUT2D eigenvalue weighted by Gasteiger charge is 2.09. The van der Waals surface area contributed by atoms with Crippen molar-refractivity contribution in [1.29, 1.82) is 0 Å². The van der Waals surface area contributed by atoms with Crippen molar-refractivity contribution in [3.63, 3.8) is 0 Å². The van der Waals surface area contributed by atoms with Crippen molar-refractivity contribution in [2.24, 2.45) is 5.92 Å². The van der Waals surface area contributed by atoms with Crippen molar-refractivity contribution in [1.82, 2.24) is 0 Å². The first-order valence-electron chi connectivity index (χ1n) is 6.26. The number of allylic oxidation sites excluding steroid dienone is 5. The molecule has 0 unspecified atom stereocenters. The molecule has 0 spiro atoms. The van der Waals surface area contributed by atoms with Gasteiger partial charge in [-0.3, -0.25) is 0 Å². The molecule has 0 amide bonds. The SMILES string of the molecule is C=CC1=CC(c2ccc(CC(C)C)c(C)c2)=C1. The summed E-state index contributed by atoms with van der Waals surface area (Å²) in [5, 5.41) is 0. The number of rotatable bonds is 4. The summed E-state index contributed by atoms with van der Waals surface area (Å²) < 4.78 is 0. The highest BCUT2D eigenvalue weighted by molar-refractivity contribution is 5.85. The maximum Gasteiger partial charge on any atom is -0.0172 e. The molecule has 0 nitrogen and oxygen atoms in total.